The molecule has 0 unspecified atom stereocenters. The van der Waals surface area contributed by atoms with Crippen LogP contribution in [0, 0.1) is 6.92 Å². The molecule has 1 saturated heterocycles. The number of amidine groups is 1. The van der Waals surface area contributed by atoms with Crippen LogP contribution < -0.4 is 0 Å². The molecule has 1 aliphatic rings. The van der Waals surface area contributed by atoms with Crippen LogP contribution in [0.3, 0.4) is 0 Å². The quantitative estimate of drug-likeness (QED) is 0.166. The van der Waals surface area contributed by atoms with Gasteiger partial charge in [-0.05, 0) is 80.9 Å². The summed E-state index contributed by atoms with van der Waals surface area (Å²) in [6.07, 6.45) is 2.26. The molecule has 202 valence electrons. The van der Waals surface area contributed by atoms with Crippen molar-refractivity contribution in [2.24, 2.45) is 4.99 Å². The Balaban J connectivity index is 1.39. The summed E-state index contributed by atoms with van der Waals surface area (Å²) in [6, 6.07) is 28.8. The minimum atomic E-state index is -0.380. The van der Waals surface area contributed by atoms with Crippen LogP contribution in [0.25, 0.3) is 17.4 Å². The summed E-state index contributed by atoms with van der Waals surface area (Å²) in [5.41, 5.74) is 4.30. The number of thioether (sulfide) groups is 1. The molecule has 0 aliphatic carbocycles. The Bertz CT molecular complexity index is 1570. The molecule has 1 amide bonds. The van der Waals surface area contributed by atoms with Crippen molar-refractivity contribution in [2.75, 3.05) is 6.54 Å². The van der Waals surface area contributed by atoms with Crippen LogP contribution in [-0.4, -0.2) is 34.6 Å². The van der Waals surface area contributed by atoms with E-state index in [1.807, 2.05) is 81.4 Å². The van der Waals surface area contributed by atoms with Crippen molar-refractivity contribution in [3.8, 4) is 11.3 Å². The predicted octanol–water partition coefficient (Wildman–Crippen LogP) is 7.67. The van der Waals surface area contributed by atoms with E-state index in [1.54, 1.807) is 29.2 Å². The van der Waals surface area contributed by atoms with Crippen LogP contribution in [0.1, 0.15) is 41.1 Å². The highest BCUT2D eigenvalue weighted by Gasteiger charge is 2.33. The molecule has 1 aromatic heterocycles. The van der Waals surface area contributed by atoms with E-state index in [0.717, 1.165) is 22.4 Å². The first-order valence-electron chi connectivity index (χ1n) is 13.2. The molecule has 2 heterocycles. The summed E-state index contributed by atoms with van der Waals surface area (Å²) >= 11 is 1.34. The molecule has 0 atom stereocenters. The first kappa shape index (κ1) is 27.2. The van der Waals surface area contributed by atoms with Gasteiger partial charge >= 0.3 is 5.97 Å². The van der Waals surface area contributed by atoms with Crippen molar-refractivity contribution in [2.45, 2.75) is 33.3 Å². The standard InChI is InChI=1S/C33H30N2O4S/c1-22(2)38-32(37)26-11-7-10-25(20-26)29-17-16-28(39-29)21-30-31(36)35(19-18-24-8-5-4-6-9-24)33(40-30)34-27-14-12-23(3)13-15-27/h4-17,20-22H,18-19H2,1-3H3/b30-21+,34-33?. The van der Waals surface area contributed by atoms with Gasteiger partial charge in [-0.3, -0.25) is 9.69 Å². The van der Waals surface area contributed by atoms with Crippen molar-refractivity contribution < 1.29 is 18.7 Å². The Morgan fingerprint density at radius 3 is 2.52 bits per heavy atom. The number of rotatable bonds is 8. The molecule has 7 heteroatoms. The van der Waals surface area contributed by atoms with Gasteiger partial charge < -0.3 is 9.15 Å². The molecule has 0 bridgehead atoms. The van der Waals surface area contributed by atoms with Crippen LogP contribution in [0.2, 0.25) is 0 Å². The second-order valence-electron chi connectivity index (χ2n) is 9.77. The van der Waals surface area contributed by atoms with Crippen molar-refractivity contribution in [1.82, 2.24) is 4.90 Å². The lowest BCUT2D eigenvalue weighted by atomic mass is 10.1. The fraction of sp³-hybridized carbons (Fsp3) is 0.182. The Kier molecular flexibility index (Phi) is 8.31. The van der Waals surface area contributed by atoms with Gasteiger partial charge in [-0.2, -0.15) is 0 Å². The van der Waals surface area contributed by atoms with E-state index in [0.29, 0.717) is 40.1 Å². The summed E-state index contributed by atoms with van der Waals surface area (Å²) in [7, 11) is 0. The van der Waals surface area contributed by atoms with E-state index in [9.17, 15) is 9.59 Å². The van der Waals surface area contributed by atoms with Gasteiger partial charge in [0.2, 0.25) is 0 Å². The van der Waals surface area contributed by atoms with Crippen LogP contribution in [0.15, 0.2) is 105 Å². The number of nitrogens with zero attached hydrogens (tertiary/aromatic N) is 2. The van der Waals surface area contributed by atoms with Gasteiger partial charge in [0, 0.05) is 18.2 Å². The Hall–Kier alpha value is -4.36. The number of furan rings is 1. The molecule has 3 aromatic carbocycles. The summed E-state index contributed by atoms with van der Waals surface area (Å²) in [5.74, 6) is 0.648. The van der Waals surface area contributed by atoms with Crippen LogP contribution in [0.4, 0.5) is 5.69 Å². The summed E-state index contributed by atoms with van der Waals surface area (Å²) < 4.78 is 11.4. The van der Waals surface area contributed by atoms with Gasteiger partial charge in [0.05, 0.1) is 22.3 Å². The third-order valence-corrected chi connectivity index (χ3v) is 7.25. The highest BCUT2D eigenvalue weighted by Crippen LogP contribution is 2.35. The van der Waals surface area contributed by atoms with E-state index >= 15 is 0 Å². The summed E-state index contributed by atoms with van der Waals surface area (Å²) in [4.78, 5) is 33.0. The van der Waals surface area contributed by atoms with E-state index in [1.165, 1.54) is 11.8 Å². The highest BCUT2D eigenvalue weighted by atomic mass is 32.2. The van der Waals surface area contributed by atoms with E-state index in [2.05, 4.69) is 12.1 Å². The summed E-state index contributed by atoms with van der Waals surface area (Å²) in [6.45, 7) is 6.18. The SMILES string of the molecule is Cc1ccc(N=C2S/C(=C/c3ccc(-c4cccc(C(=O)OC(C)C)c4)o3)C(=O)N2CCc2ccccc2)cc1. The van der Waals surface area contributed by atoms with Crippen molar-refractivity contribution in [3.63, 3.8) is 0 Å². The fourth-order valence-electron chi connectivity index (χ4n) is 4.20. The molecular weight excluding hydrogens is 520 g/mol. The van der Waals surface area contributed by atoms with E-state index < -0.39 is 0 Å². The number of aryl methyl sites for hydroxylation is 1. The first-order chi connectivity index (χ1) is 19.4. The van der Waals surface area contributed by atoms with E-state index in [4.69, 9.17) is 14.1 Å². The topological polar surface area (TPSA) is 72.1 Å². The summed E-state index contributed by atoms with van der Waals surface area (Å²) in [5, 5.41) is 0.638. The molecular formula is C33H30N2O4S. The zero-order valence-electron chi connectivity index (χ0n) is 22.7. The molecule has 4 aromatic rings. The van der Waals surface area contributed by atoms with Gasteiger partial charge in [-0.15, -0.1) is 0 Å². The molecule has 1 aliphatic heterocycles. The second kappa shape index (κ2) is 12.2. The van der Waals surface area contributed by atoms with Crippen molar-refractivity contribution in [1.29, 1.82) is 0 Å². The third kappa shape index (κ3) is 6.61. The second-order valence-corrected chi connectivity index (χ2v) is 10.8. The molecule has 0 saturated carbocycles. The normalized spacial score (nSPS) is 15.4. The third-order valence-electron chi connectivity index (χ3n) is 6.24. The number of hydrogen-bond donors (Lipinski definition) is 0. The fourth-order valence-corrected chi connectivity index (χ4v) is 5.20. The number of amides is 1. The van der Waals surface area contributed by atoms with Crippen molar-refractivity contribution in [3.05, 3.63) is 118 Å². The van der Waals surface area contributed by atoms with Gasteiger partial charge in [0.25, 0.3) is 5.91 Å². The maximum absolute atomic E-state index is 13.5. The Labute approximate surface area is 238 Å². The number of aliphatic imine (C=N–C) groups is 1. The molecule has 40 heavy (non-hydrogen) atoms. The van der Waals surface area contributed by atoms with Gasteiger partial charge in [-0.1, -0.05) is 60.2 Å². The lowest BCUT2D eigenvalue weighted by Gasteiger charge is -2.15. The number of benzene rings is 3. The number of ether oxygens (including phenoxy) is 1. The Morgan fingerprint density at radius 1 is 1.00 bits per heavy atom. The van der Waals surface area contributed by atoms with Gasteiger partial charge in [0.1, 0.15) is 11.5 Å². The first-order valence-corrected chi connectivity index (χ1v) is 14.0. The monoisotopic (exact) mass is 550 g/mol. The number of carbonyl (C=O) groups is 2. The number of esters is 1. The minimum absolute atomic E-state index is 0.108. The van der Waals surface area contributed by atoms with E-state index in [-0.39, 0.29) is 18.0 Å². The van der Waals surface area contributed by atoms with Crippen LogP contribution in [0.5, 0.6) is 0 Å². The van der Waals surface area contributed by atoms with Crippen LogP contribution in [-0.2, 0) is 16.0 Å². The zero-order chi connectivity index (χ0) is 28.1. The molecule has 0 spiro atoms. The smallest absolute Gasteiger partial charge is 0.338 e. The largest absolute Gasteiger partial charge is 0.459 e. The molecule has 1 fully saturated rings. The number of carbonyl (C=O) groups excluding carboxylic acids is 2. The maximum Gasteiger partial charge on any atom is 0.338 e. The maximum atomic E-state index is 13.5. The average molecular weight is 551 g/mol. The minimum Gasteiger partial charge on any atom is -0.459 e. The Morgan fingerprint density at radius 2 is 1.77 bits per heavy atom. The van der Waals surface area contributed by atoms with Crippen LogP contribution >= 0.6 is 11.8 Å². The molecule has 0 N–H and O–H groups in total. The van der Waals surface area contributed by atoms with Gasteiger partial charge in [0.15, 0.2) is 5.17 Å². The zero-order valence-corrected chi connectivity index (χ0v) is 23.5. The van der Waals surface area contributed by atoms with Crippen molar-refractivity contribution >= 4 is 40.6 Å². The van der Waals surface area contributed by atoms with Gasteiger partial charge in [-0.25, -0.2) is 9.79 Å². The highest BCUT2D eigenvalue weighted by molar-refractivity contribution is 8.18. The lowest BCUT2D eigenvalue weighted by molar-refractivity contribution is -0.122. The lowest BCUT2D eigenvalue weighted by Crippen LogP contribution is -2.31. The number of hydrogen-bond acceptors (Lipinski definition) is 6. The average Bonchev–Trinajstić information content (AvgIpc) is 3.53. The molecule has 5 rings (SSSR count). The molecule has 0 radical (unpaired) electrons. The predicted molar refractivity (Wildman–Crippen MR) is 160 cm³/mol. The molecule has 6 nitrogen and oxygen atoms in total.